The first kappa shape index (κ1) is 18.4. The lowest BCUT2D eigenvalue weighted by atomic mass is 9.99. The first-order valence-electron chi connectivity index (χ1n) is 9.82. The predicted molar refractivity (Wildman–Crippen MR) is 111 cm³/mol. The SMILES string of the molecule is CC(C)n1cc(NC(=O)c2ccc(CN3CCc4ccccc4C3)cc2)cn1. The second kappa shape index (κ2) is 7.98. The highest BCUT2D eigenvalue weighted by Crippen LogP contribution is 2.20. The van der Waals surface area contributed by atoms with Crippen molar-refractivity contribution < 1.29 is 4.79 Å². The van der Waals surface area contributed by atoms with E-state index in [-0.39, 0.29) is 11.9 Å². The summed E-state index contributed by atoms with van der Waals surface area (Å²) >= 11 is 0. The Hall–Kier alpha value is -2.92. The van der Waals surface area contributed by atoms with Gasteiger partial charge in [-0.15, -0.1) is 0 Å². The molecule has 0 spiro atoms. The highest BCUT2D eigenvalue weighted by molar-refractivity contribution is 6.04. The Morgan fingerprint density at radius 2 is 1.86 bits per heavy atom. The summed E-state index contributed by atoms with van der Waals surface area (Å²) in [6.45, 7) is 7.06. The van der Waals surface area contributed by atoms with Gasteiger partial charge in [0.1, 0.15) is 0 Å². The van der Waals surface area contributed by atoms with Gasteiger partial charge in [0.05, 0.1) is 11.9 Å². The molecule has 0 unspecified atom stereocenters. The van der Waals surface area contributed by atoms with Crippen LogP contribution in [0, 0.1) is 0 Å². The third-order valence-corrected chi connectivity index (χ3v) is 5.22. The van der Waals surface area contributed by atoms with Crippen LogP contribution in [0.15, 0.2) is 60.9 Å². The van der Waals surface area contributed by atoms with Gasteiger partial charge >= 0.3 is 0 Å². The minimum Gasteiger partial charge on any atom is -0.319 e. The highest BCUT2D eigenvalue weighted by atomic mass is 16.1. The van der Waals surface area contributed by atoms with Crippen molar-refractivity contribution >= 4 is 11.6 Å². The van der Waals surface area contributed by atoms with Crippen LogP contribution in [-0.4, -0.2) is 27.1 Å². The lowest BCUT2D eigenvalue weighted by molar-refractivity contribution is 0.102. The number of amides is 1. The largest absolute Gasteiger partial charge is 0.319 e. The van der Waals surface area contributed by atoms with Crippen molar-refractivity contribution in [3.05, 3.63) is 83.2 Å². The van der Waals surface area contributed by atoms with Crippen LogP contribution >= 0.6 is 0 Å². The van der Waals surface area contributed by atoms with Crippen molar-refractivity contribution in [2.45, 2.75) is 39.4 Å². The quantitative estimate of drug-likeness (QED) is 0.725. The second-order valence-corrected chi connectivity index (χ2v) is 7.68. The molecule has 5 nitrogen and oxygen atoms in total. The van der Waals surface area contributed by atoms with Crippen LogP contribution in [0.4, 0.5) is 5.69 Å². The fourth-order valence-corrected chi connectivity index (χ4v) is 3.60. The molecule has 3 aromatic rings. The van der Waals surface area contributed by atoms with Gasteiger partial charge in [0.2, 0.25) is 0 Å². The van der Waals surface area contributed by atoms with E-state index in [2.05, 4.69) is 53.4 Å². The van der Waals surface area contributed by atoms with Crippen molar-refractivity contribution in [1.82, 2.24) is 14.7 Å². The van der Waals surface area contributed by atoms with E-state index in [1.165, 1.54) is 16.7 Å². The Labute approximate surface area is 166 Å². The number of nitrogens with zero attached hydrogens (tertiary/aromatic N) is 3. The fourth-order valence-electron chi connectivity index (χ4n) is 3.60. The molecule has 0 atom stereocenters. The number of rotatable bonds is 5. The Morgan fingerprint density at radius 1 is 1.11 bits per heavy atom. The van der Waals surface area contributed by atoms with E-state index >= 15 is 0 Å². The molecule has 0 fully saturated rings. The minimum absolute atomic E-state index is 0.109. The van der Waals surface area contributed by atoms with Crippen LogP contribution < -0.4 is 5.32 Å². The third-order valence-electron chi connectivity index (χ3n) is 5.22. The second-order valence-electron chi connectivity index (χ2n) is 7.68. The molecule has 1 aliphatic rings. The summed E-state index contributed by atoms with van der Waals surface area (Å²) in [5.74, 6) is -0.109. The number of carbonyl (C=O) groups excluding carboxylic acids is 1. The lowest BCUT2D eigenvalue weighted by Gasteiger charge is -2.28. The molecule has 28 heavy (non-hydrogen) atoms. The Bertz CT molecular complexity index is 959. The number of anilines is 1. The predicted octanol–water partition coefficient (Wildman–Crippen LogP) is 4.27. The van der Waals surface area contributed by atoms with E-state index in [1.54, 1.807) is 6.20 Å². The standard InChI is InChI=1S/C23H26N4O/c1-17(2)27-16-22(13-24-27)25-23(28)20-9-7-18(8-10-20)14-26-12-11-19-5-3-4-6-21(19)15-26/h3-10,13,16-17H,11-12,14-15H2,1-2H3,(H,25,28). The average molecular weight is 374 g/mol. The molecule has 0 aliphatic carbocycles. The van der Waals surface area contributed by atoms with Crippen molar-refractivity contribution in [1.29, 1.82) is 0 Å². The van der Waals surface area contributed by atoms with E-state index in [9.17, 15) is 4.79 Å². The summed E-state index contributed by atoms with van der Waals surface area (Å²) in [5.41, 5.74) is 5.49. The summed E-state index contributed by atoms with van der Waals surface area (Å²) in [6, 6.07) is 16.8. The monoisotopic (exact) mass is 374 g/mol. The van der Waals surface area contributed by atoms with Gasteiger partial charge < -0.3 is 5.32 Å². The van der Waals surface area contributed by atoms with E-state index in [0.717, 1.165) is 31.7 Å². The average Bonchev–Trinajstić information content (AvgIpc) is 3.17. The molecule has 0 radical (unpaired) electrons. The molecule has 0 bridgehead atoms. The van der Waals surface area contributed by atoms with Crippen molar-refractivity contribution in [3.8, 4) is 0 Å². The maximum absolute atomic E-state index is 12.5. The molecule has 5 heteroatoms. The number of hydrogen-bond donors (Lipinski definition) is 1. The van der Waals surface area contributed by atoms with Gasteiger partial charge in [-0.25, -0.2) is 0 Å². The smallest absolute Gasteiger partial charge is 0.255 e. The van der Waals surface area contributed by atoms with Crippen LogP contribution in [0.25, 0.3) is 0 Å². The Balaban J connectivity index is 1.36. The topological polar surface area (TPSA) is 50.2 Å². The first-order chi connectivity index (χ1) is 13.6. The molecule has 1 amide bonds. The van der Waals surface area contributed by atoms with Crippen molar-refractivity contribution in [2.75, 3.05) is 11.9 Å². The van der Waals surface area contributed by atoms with E-state index in [1.807, 2.05) is 35.1 Å². The van der Waals surface area contributed by atoms with E-state index in [4.69, 9.17) is 0 Å². The summed E-state index contributed by atoms with van der Waals surface area (Å²) in [6.07, 6.45) is 4.63. The van der Waals surface area contributed by atoms with Crippen LogP contribution in [0.1, 0.15) is 46.9 Å². The van der Waals surface area contributed by atoms with Gasteiger partial charge in [-0.2, -0.15) is 5.10 Å². The molecule has 1 aliphatic heterocycles. The zero-order valence-corrected chi connectivity index (χ0v) is 16.4. The summed E-state index contributed by atoms with van der Waals surface area (Å²) in [5, 5.41) is 7.17. The van der Waals surface area contributed by atoms with Gasteiger partial charge in [-0.1, -0.05) is 36.4 Å². The normalized spacial score (nSPS) is 14.1. The maximum Gasteiger partial charge on any atom is 0.255 e. The van der Waals surface area contributed by atoms with E-state index in [0.29, 0.717) is 5.56 Å². The summed E-state index contributed by atoms with van der Waals surface area (Å²) in [4.78, 5) is 14.9. The first-order valence-corrected chi connectivity index (χ1v) is 9.82. The number of carbonyl (C=O) groups is 1. The van der Waals surface area contributed by atoms with Crippen LogP contribution in [0.5, 0.6) is 0 Å². The molecular formula is C23H26N4O. The van der Waals surface area contributed by atoms with Gasteiger partial charge in [-0.3, -0.25) is 14.4 Å². The number of benzene rings is 2. The third kappa shape index (κ3) is 4.15. The summed E-state index contributed by atoms with van der Waals surface area (Å²) < 4.78 is 1.83. The lowest BCUT2D eigenvalue weighted by Crippen LogP contribution is -2.29. The van der Waals surface area contributed by atoms with Crippen LogP contribution in [0.3, 0.4) is 0 Å². The maximum atomic E-state index is 12.5. The molecule has 1 N–H and O–H groups in total. The molecule has 1 aromatic heterocycles. The Morgan fingerprint density at radius 3 is 2.57 bits per heavy atom. The molecule has 0 saturated heterocycles. The number of aromatic nitrogens is 2. The van der Waals surface area contributed by atoms with Gasteiger partial charge in [-0.05, 0) is 49.1 Å². The van der Waals surface area contributed by atoms with Crippen molar-refractivity contribution in [2.24, 2.45) is 0 Å². The molecule has 144 valence electrons. The summed E-state index contributed by atoms with van der Waals surface area (Å²) in [7, 11) is 0. The zero-order valence-electron chi connectivity index (χ0n) is 16.4. The number of nitrogens with one attached hydrogen (secondary N) is 1. The van der Waals surface area contributed by atoms with Gasteiger partial charge in [0, 0.05) is 37.4 Å². The molecular weight excluding hydrogens is 348 g/mol. The van der Waals surface area contributed by atoms with Crippen molar-refractivity contribution in [3.63, 3.8) is 0 Å². The number of hydrogen-bond acceptors (Lipinski definition) is 3. The van der Waals surface area contributed by atoms with Crippen LogP contribution in [0.2, 0.25) is 0 Å². The molecule has 2 aromatic carbocycles. The minimum atomic E-state index is -0.109. The zero-order chi connectivity index (χ0) is 19.5. The van der Waals surface area contributed by atoms with Gasteiger partial charge in [0.25, 0.3) is 5.91 Å². The molecule has 4 rings (SSSR count). The van der Waals surface area contributed by atoms with Crippen LogP contribution in [-0.2, 0) is 19.5 Å². The number of fused-ring (bicyclic) bond motifs is 1. The fraction of sp³-hybridized carbons (Fsp3) is 0.304. The highest BCUT2D eigenvalue weighted by Gasteiger charge is 2.16. The molecule has 0 saturated carbocycles. The molecule has 2 heterocycles. The van der Waals surface area contributed by atoms with Gasteiger partial charge in [0.15, 0.2) is 0 Å². The van der Waals surface area contributed by atoms with E-state index < -0.39 is 0 Å². The Kier molecular flexibility index (Phi) is 5.26.